The maximum atomic E-state index is 5.73. The number of hydrogen-bond donors (Lipinski definition) is 0. The minimum absolute atomic E-state index is 0.607. The Balaban J connectivity index is 1.85. The second kappa shape index (κ2) is 6.50. The molecule has 2 aromatic rings. The number of thiophene rings is 1. The molecule has 0 aromatic carbocycles. The molecule has 0 aliphatic carbocycles. The fourth-order valence-electron chi connectivity index (χ4n) is 1.77. The van der Waals surface area contributed by atoms with Gasteiger partial charge in [-0.15, -0.1) is 11.3 Å². The molecule has 18 heavy (non-hydrogen) atoms. The number of aromatic nitrogens is 2. The van der Waals surface area contributed by atoms with Crippen LogP contribution in [0.1, 0.15) is 23.2 Å². The van der Waals surface area contributed by atoms with E-state index in [1.807, 2.05) is 11.7 Å². The minimum Gasteiger partial charge on any atom is -0.375 e. The summed E-state index contributed by atoms with van der Waals surface area (Å²) in [6.45, 7) is 3.46. The van der Waals surface area contributed by atoms with Crippen molar-refractivity contribution in [3.63, 3.8) is 0 Å². The largest absolute Gasteiger partial charge is 0.375 e. The van der Waals surface area contributed by atoms with E-state index in [1.165, 1.54) is 4.88 Å². The molecule has 2 heterocycles. The van der Waals surface area contributed by atoms with Gasteiger partial charge in [-0.25, -0.2) is 0 Å². The van der Waals surface area contributed by atoms with Crippen molar-refractivity contribution in [3.8, 4) is 0 Å². The van der Waals surface area contributed by atoms with Crippen LogP contribution >= 0.6 is 27.3 Å². The van der Waals surface area contributed by atoms with E-state index in [2.05, 4.69) is 45.5 Å². The van der Waals surface area contributed by atoms with Crippen LogP contribution in [0.2, 0.25) is 0 Å². The second-order valence-corrected chi connectivity index (χ2v) is 5.89. The Labute approximate surface area is 120 Å². The highest BCUT2D eigenvalue weighted by Crippen LogP contribution is 2.22. The SMILES string of the molecule is CCc1nn(C)c(COCCc2cccs2)c1Br. The quantitative estimate of drug-likeness (QED) is 0.758. The van der Waals surface area contributed by atoms with Crippen LogP contribution in [0.5, 0.6) is 0 Å². The highest BCUT2D eigenvalue weighted by atomic mass is 79.9. The molecule has 3 nitrogen and oxygen atoms in total. The maximum absolute atomic E-state index is 5.73. The molecule has 0 aliphatic heterocycles. The molecule has 98 valence electrons. The molecular weight excluding hydrogens is 312 g/mol. The van der Waals surface area contributed by atoms with Crippen molar-refractivity contribution in [3.05, 3.63) is 38.3 Å². The average molecular weight is 329 g/mol. The van der Waals surface area contributed by atoms with Gasteiger partial charge in [-0.05, 0) is 33.8 Å². The van der Waals surface area contributed by atoms with Crippen LogP contribution in [0.15, 0.2) is 22.0 Å². The van der Waals surface area contributed by atoms with Crippen LogP contribution in [0.3, 0.4) is 0 Å². The molecule has 0 radical (unpaired) electrons. The lowest BCUT2D eigenvalue weighted by Crippen LogP contribution is -2.03. The first-order valence-corrected chi connectivity index (χ1v) is 7.70. The van der Waals surface area contributed by atoms with E-state index in [0.717, 1.165) is 35.3 Å². The summed E-state index contributed by atoms with van der Waals surface area (Å²) in [6.07, 6.45) is 1.91. The topological polar surface area (TPSA) is 27.1 Å². The van der Waals surface area contributed by atoms with Crippen molar-refractivity contribution in [1.29, 1.82) is 0 Å². The van der Waals surface area contributed by atoms with Gasteiger partial charge in [0.15, 0.2) is 0 Å². The van der Waals surface area contributed by atoms with Crippen molar-refractivity contribution in [1.82, 2.24) is 9.78 Å². The lowest BCUT2D eigenvalue weighted by Gasteiger charge is -2.04. The molecule has 2 aromatic heterocycles. The van der Waals surface area contributed by atoms with E-state index in [1.54, 1.807) is 11.3 Å². The summed E-state index contributed by atoms with van der Waals surface area (Å²) in [7, 11) is 1.96. The molecule has 0 fully saturated rings. The zero-order chi connectivity index (χ0) is 13.0. The summed E-state index contributed by atoms with van der Waals surface area (Å²) in [4.78, 5) is 1.37. The maximum Gasteiger partial charge on any atom is 0.0896 e. The molecule has 0 aliphatic rings. The summed E-state index contributed by atoms with van der Waals surface area (Å²) in [5, 5.41) is 6.55. The van der Waals surface area contributed by atoms with E-state index < -0.39 is 0 Å². The third-order valence-electron chi connectivity index (χ3n) is 2.81. The molecule has 5 heteroatoms. The van der Waals surface area contributed by atoms with Gasteiger partial charge in [-0.2, -0.15) is 5.10 Å². The average Bonchev–Trinajstić information content (AvgIpc) is 2.96. The van der Waals surface area contributed by atoms with Gasteiger partial charge in [0.25, 0.3) is 0 Å². The number of nitrogens with zero attached hydrogens (tertiary/aromatic N) is 2. The van der Waals surface area contributed by atoms with Crippen molar-refractivity contribution in [2.75, 3.05) is 6.61 Å². The van der Waals surface area contributed by atoms with Gasteiger partial charge in [-0.1, -0.05) is 13.0 Å². The normalized spacial score (nSPS) is 11.1. The Hall–Kier alpha value is -0.650. The van der Waals surface area contributed by atoms with Gasteiger partial charge in [0, 0.05) is 18.3 Å². The van der Waals surface area contributed by atoms with Crippen LogP contribution in [-0.4, -0.2) is 16.4 Å². The summed E-state index contributed by atoms with van der Waals surface area (Å²) >= 11 is 5.37. The van der Waals surface area contributed by atoms with Crippen LogP contribution in [0.25, 0.3) is 0 Å². The van der Waals surface area contributed by atoms with Gasteiger partial charge in [0.2, 0.25) is 0 Å². The smallest absolute Gasteiger partial charge is 0.0896 e. The summed E-state index contributed by atoms with van der Waals surface area (Å²) in [5.74, 6) is 0. The van der Waals surface area contributed by atoms with Crippen molar-refractivity contribution < 1.29 is 4.74 Å². The highest BCUT2D eigenvalue weighted by Gasteiger charge is 2.12. The predicted octanol–water partition coefficient (Wildman–Crippen LogP) is 3.57. The van der Waals surface area contributed by atoms with Gasteiger partial charge in [-0.3, -0.25) is 4.68 Å². The summed E-state index contributed by atoms with van der Waals surface area (Å²) in [5.41, 5.74) is 2.20. The first-order valence-electron chi connectivity index (χ1n) is 6.02. The number of hydrogen-bond acceptors (Lipinski definition) is 3. The van der Waals surface area contributed by atoms with E-state index in [9.17, 15) is 0 Å². The third kappa shape index (κ3) is 3.22. The second-order valence-electron chi connectivity index (χ2n) is 4.07. The summed E-state index contributed by atoms with van der Waals surface area (Å²) in [6, 6.07) is 4.22. The van der Waals surface area contributed by atoms with Crippen molar-refractivity contribution >= 4 is 27.3 Å². The Morgan fingerprint density at radius 2 is 2.33 bits per heavy atom. The molecule has 0 saturated heterocycles. The molecule has 0 N–H and O–H groups in total. The lowest BCUT2D eigenvalue weighted by atomic mass is 10.3. The predicted molar refractivity (Wildman–Crippen MR) is 78.0 cm³/mol. The van der Waals surface area contributed by atoms with Crippen LogP contribution in [0.4, 0.5) is 0 Å². The molecule has 2 rings (SSSR count). The Bertz CT molecular complexity index is 493. The molecule has 0 unspecified atom stereocenters. The molecule has 0 spiro atoms. The molecule has 0 bridgehead atoms. The minimum atomic E-state index is 0.607. The van der Waals surface area contributed by atoms with E-state index in [4.69, 9.17) is 4.74 Å². The van der Waals surface area contributed by atoms with Crippen LogP contribution in [-0.2, 0) is 31.2 Å². The number of ether oxygens (including phenoxy) is 1. The standard InChI is InChI=1S/C13H17BrN2OS/c1-3-11-13(14)12(16(2)15-11)9-17-7-6-10-5-4-8-18-10/h4-5,8H,3,6-7,9H2,1-2H3. The number of aryl methyl sites for hydroxylation is 2. The van der Waals surface area contributed by atoms with Gasteiger partial charge < -0.3 is 4.74 Å². The summed E-state index contributed by atoms with van der Waals surface area (Å²) < 4.78 is 8.71. The molecule has 0 atom stereocenters. The zero-order valence-corrected chi connectivity index (χ0v) is 13.1. The number of rotatable bonds is 6. The monoisotopic (exact) mass is 328 g/mol. The fourth-order valence-corrected chi connectivity index (χ4v) is 3.19. The Kier molecular flexibility index (Phi) is 4.97. The Morgan fingerprint density at radius 3 is 2.94 bits per heavy atom. The first-order chi connectivity index (χ1) is 8.72. The van der Waals surface area contributed by atoms with E-state index in [0.29, 0.717) is 6.61 Å². The van der Waals surface area contributed by atoms with Crippen molar-refractivity contribution in [2.24, 2.45) is 7.05 Å². The molecular formula is C13H17BrN2OS. The third-order valence-corrected chi connectivity index (χ3v) is 4.67. The molecule has 0 amide bonds. The fraction of sp³-hybridized carbons (Fsp3) is 0.462. The first kappa shape index (κ1) is 13.8. The lowest BCUT2D eigenvalue weighted by molar-refractivity contribution is 0.118. The van der Waals surface area contributed by atoms with Crippen LogP contribution < -0.4 is 0 Å². The van der Waals surface area contributed by atoms with Gasteiger partial charge in [0.05, 0.1) is 29.1 Å². The van der Waals surface area contributed by atoms with Gasteiger partial charge in [0.1, 0.15) is 0 Å². The highest BCUT2D eigenvalue weighted by molar-refractivity contribution is 9.10. The zero-order valence-electron chi connectivity index (χ0n) is 10.6. The van der Waals surface area contributed by atoms with E-state index in [-0.39, 0.29) is 0 Å². The number of halogens is 1. The van der Waals surface area contributed by atoms with E-state index >= 15 is 0 Å². The van der Waals surface area contributed by atoms with Gasteiger partial charge >= 0.3 is 0 Å². The van der Waals surface area contributed by atoms with Crippen molar-refractivity contribution in [2.45, 2.75) is 26.4 Å². The van der Waals surface area contributed by atoms with Crippen LogP contribution in [0, 0.1) is 0 Å². The molecule has 0 saturated carbocycles. The Morgan fingerprint density at radius 1 is 1.50 bits per heavy atom.